The van der Waals surface area contributed by atoms with Gasteiger partial charge in [0.2, 0.25) is 0 Å². The Morgan fingerprint density at radius 3 is 3.00 bits per heavy atom. The normalized spacial score (nSPS) is 41.5. The zero-order valence-corrected chi connectivity index (χ0v) is 5.73. The van der Waals surface area contributed by atoms with Crippen LogP contribution in [-0.2, 0) is 9.53 Å². The maximum atomic E-state index is 11.1. The monoisotopic (exact) mass is 156 g/mol. The van der Waals surface area contributed by atoms with E-state index in [9.17, 15) is 9.90 Å². The summed E-state index contributed by atoms with van der Waals surface area (Å²) in [4.78, 5) is 11.1. The van der Waals surface area contributed by atoms with E-state index in [0.717, 1.165) is 0 Å². The number of ketones is 1. The summed E-state index contributed by atoms with van der Waals surface area (Å²) in [6, 6.07) is 0. The van der Waals surface area contributed by atoms with Gasteiger partial charge in [0.25, 0.3) is 0 Å². The molecule has 0 aromatic carbocycles. The quantitative estimate of drug-likeness (QED) is 0.459. The molecule has 2 N–H and O–H groups in total. The number of Topliss-reactive ketones (excluding diaryl/α,β-unsaturated/α-hetero) is 1. The van der Waals surface area contributed by atoms with Gasteiger partial charge in [-0.25, -0.2) is 0 Å². The molecular formula is C7H8O4. The number of aliphatic hydroxyl groups excluding tert-OH is 2. The molecule has 1 heterocycles. The first-order valence-corrected chi connectivity index (χ1v) is 3.43. The van der Waals surface area contributed by atoms with Crippen molar-refractivity contribution in [3.05, 3.63) is 11.6 Å². The number of hydrogen-bond donors (Lipinski definition) is 2. The standard InChI is InChI=1S/C7H8O4/c8-2-3-1-4(9)6-7(11-6)5(3)10/h1,4,6-9H,2H2/t4-,6+,7-/m0/s1. The summed E-state index contributed by atoms with van der Waals surface area (Å²) >= 11 is 0. The lowest BCUT2D eigenvalue weighted by Crippen LogP contribution is -2.27. The van der Waals surface area contributed by atoms with Crippen molar-refractivity contribution in [3.63, 3.8) is 0 Å². The molecule has 0 bridgehead atoms. The molecule has 1 aliphatic heterocycles. The van der Waals surface area contributed by atoms with E-state index >= 15 is 0 Å². The van der Waals surface area contributed by atoms with Crippen molar-refractivity contribution >= 4 is 5.78 Å². The minimum absolute atomic E-state index is 0.192. The Balaban J connectivity index is 2.25. The van der Waals surface area contributed by atoms with Crippen molar-refractivity contribution in [2.45, 2.75) is 18.3 Å². The smallest absolute Gasteiger partial charge is 0.192 e. The van der Waals surface area contributed by atoms with Gasteiger partial charge >= 0.3 is 0 Å². The molecule has 2 rings (SSSR count). The number of rotatable bonds is 1. The predicted octanol–water partition coefficient (Wildman–Crippen LogP) is -1.38. The van der Waals surface area contributed by atoms with Crippen LogP contribution in [0, 0.1) is 0 Å². The fourth-order valence-electron chi connectivity index (χ4n) is 1.29. The van der Waals surface area contributed by atoms with Crippen molar-refractivity contribution in [2.75, 3.05) is 6.61 Å². The highest BCUT2D eigenvalue weighted by atomic mass is 16.6. The first-order valence-electron chi connectivity index (χ1n) is 3.43. The molecule has 0 radical (unpaired) electrons. The van der Waals surface area contributed by atoms with Crippen LogP contribution in [0.25, 0.3) is 0 Å². The molecule has 4 heteroatoms. The maximum Gasteiger partial charge on any atom is 0.192 e. The summed E-state index contributed by atoms with van der Waals surface area (Å²) in [5.41, 5.74) is 0.260. The number of aliphatic hydroxyl groups is 2. The van der Waals surface area contributed by atoms with E-state index in [1.165, 1.54) is 6.08 Å². The Labute approximate surface area is 63.1 Å². The van der Waals surface area contributed by atoms with Crippen LogP contribution in [0.5, 0.6) is 0 Å². The molecule has 0 amide bonds. The number of fused-ring (bicyclic) bond motifs is 1. The van der Waals surface area contributed by atoms with Crippen LogP contribution in [-0.4, -0.2) is 40.9 Å². The molecule has 0 aromatic rings. The van der Waals surface area contributed by atoms with E-state index in [4.69, 9.17) is 9.84 Å². The summed E-state index contributed by atoms with van der Waals surface area (Å²) in [6.07, 6.45) is -0.203. The average Bonchev–Trinajstić information content (AvgIpc) is 2.75. The van der Waals surface area contributed by atoms with Crippen LogP contribution in [0.3, 0.4) is 0 Å². The van der Waals surface area contributed by atoms with Crippen molar-refractivity contribution in [3.8, 4) is 0 Å². The van der Waals surface area contributed by atoms with Crippen LogP contribution in [0.4, 0.5) is 0 Å². The number of carbonyl (C=O) groups is 1. The maximum absolute atomic E-state index is 11.1. The molecule has 60 valence electrons. The van der Waals surface area contributed by atoms with E-state index in [2.05, 4.69) is 0 Å². The molecule has 0 aromatic heterocycles. The largest absolute Gasteiger partial charge is 0.392 e. The van der Waals surface area contributed by atoms with Gasteiger partial charge in [0.05, 0.1) is 6.61 Å². The second kappa shape index (κ2) is 2.14. The molecule has 4 nitrogen and oxygen atoms in total. The van der Waals surface area contributed by atoms with E-state index in [1.54, 1.807) is 0 Å². The van der Waals surface area contributed by atoms with Crippen molar-refractivity contribution in [1.82, 2.24) is 0 Å². The highest BCUT2D eigenvalue weighted by Gasteiger charge is 2.52. The first kappa shape index (κ1) is 6.97. The van der Waals surface area contributed by atoms with Crippen LogP contribution >= 0.6 is 0 Å². The van der Waals surface area contributed by atoms with Crippen molar-refractivity contribution in [2.24, 2.45) is 0 Å². The predicted molar refractivity (Wildman–Crippen MR) is 34.8 cm³/mol. The van der Waals surface area contributed by atoms with Crippen molar-refractivity contribution < 1.29 is 19.7 Å². The number of epoxide rings is 1. The van der Waals surface area contributed by atoms with Gasteiger partial charge in [-0.3, -0.25) is 4.79 Å². The van der Waals surface area contributed by atoms with Crippen LogP contribution in [0.2, 0.25) is 0 Å². The average molecular weight is 156 g/mol. The first-order chi connectivity index (χ1) is 5.24. The van der Waals surface area contributed by atoms with Gasteiger partial charge < -0.3 is 14.9 Å². The van der Waals surface area contributed by atoms with Crippen molar-refractivity contribution in [1.29, 1.82) is 0 Å². The van der Waals surface area contributed by atoms with Gasteiger partial charge in [0, 0.05) is 5.57 Å². The highest BCUT2D eigenvalue weighted by molar-refractivity contribution is 6.02. The Morgan fingerprint density at radius 1 is 1.64 bits per heavy atom. The van der Waals surface area contributed by atoms with Crippen LogP contribution in [0.15, 0.2) is 11.6 Å². The third-order valence-electron chi connectivity index (χ3n) is 1.98. The molecule has 0 unspecified atom stereocenters. The Morgan fingerprint density at radius 2 is 2.36 bits per heavy atom. The molecule has 1 fully saturated rings. The summed E-state index contributed by atoms with van der Waals surface area (Å²) in [6.45, 7) is -0.317. The summed E-state index contributed by atoms with van der Waals surface area (Å²) < 4.78 is 4.87. The topological polar surface area (TPSA) is 70.1 Å². The molecule has 11 heavy (non-hydrogen) atoms. The minimum Gasteiger partial charge on any atom is -0.392 e. The minimum atomic E-state index is -0.722. The SMILES string of the molecule is O=C1C(CO)=C[C@H](O)[C@H]2O[C@@H]12. The third-order valence-corrected chi connectivity index (χ3v) is 1.98. The van der Waals surface area contributed by atoms with Crippen LogP contribution < -0.4 is 0 Å². The van der Waals surface area contributed by atoms with Crippen LogP contribution in [0.1, 0.15) is 0 Å². The second-order valence-electron chi connectivity index (χ2n) is 2.73. The number of ether oxygens (including phenoxy) is 1. The zero-order valence-electron chi connectivity index (χ0n) is 5.73. The van der Waals surface area contributed by atoms with Gasteiger partial charge in [-0.15, -0.1) is 0 Å². The molecule has 3 atom stereocenters. The molecule has 0 saturated carbocycles. The molecule has 0 spiro atoms. The van der Waals surface area contributed by atoms with E-state index < -0.39 is 12.2 Å². The fourth-order valence-corrected chi connectivity index (χ4v) is 1.29. The summed E-state index contributed by atoms with van der Waals surface area (Å²) in [7, 11) is 0. The lowest BCUT2D eigenvalue weighted by Gasteiger charge is -2.09. The fraction of sp³-hybridized carbons (Fsp3) is 0.571. The summed E-state index contributed by atoms with van der Waals surface area (Å²) in [5, 5.41) is 17.8. The molecule has 1 saturated heterocycles. The van der Waals surface area contributed by atoms with E-state index in [1.807, 2.05) is 0 Å². The Bertz CT molecular complexity index is 233. The zero-order chi connectivity index (χ0) is 8.01. The lowest BCUT2D eigenvalue weighted by atomic mass is 9.97. The highest BCUT2D eigenvalue weighted by Crippen LogP contribution is 2.33. The number of carbonyl (C=O) groups excluding carboxylic acids is 1. The Hall–Kier alpha value is -0.710. The number of hydrogen-bond acceptors (Lipinski definition) is 4. The molecule has 1 aliphatic carbocycles. The van der Waals surface area contributed by atoms with Gasteiger partial charge in [-0.05, 0) is 6.08 Å². The van der Waals surface area contributed by atoms with E-state index in [0.29, 0.717) is 0 Å². The lowest BCUT2D eigenvalue weighted by molar-refractivity contribution is -0.117. The Kier molecular flexibility index (Phi) is 1.35. The summed E-state index contributed by atoms with van der Waals surface area (Å²) in [5.74, 6) is -0.192. The van der Waals surface area contributed by atoms with Gasteiger partial charge in [-0.2, -0.15) is 0 Å². The molecule has 2 aliphatic rings. The van der Waals surface area contributed by atoms with E-state index in [-0.39, 0.29) is 24.1 Å². The second-order valence-corrected chi connectivity index (χ2v) is 2.73. The van der Waals surface area contributed by atoms with Gasteiger partial charge in [0.1, 0.15) is 18.3 Å². The third kappa shape index (κ3) is 0.910. The van der Waals surface area contributed by atoms with Gasteiger partial charge in [0.15, 0.2) is 5.78 Å². The van der Waals surface area contributed by atoms with Gasteiger partial charge in [-0.1, -0.05) is 0 Å². The molecular weight excluding hydrogens is 148 g/mol.